The maximum atomic E-state index is 5.98. The summed E-state index contributed by atoms with van der Waals surface area (Å²) in [4.78, 5) is 8.91. The van der Waals surface area contributed by atoms with Gasteiger partial charge in [0.25, 0.3) is 11.8 Å². The van der Waals surface area contributed by atoms with Gasteiger partial charge in [-0.15, -0.1) is 0 Å². The van der Waals surface area contributed by atoms with Gasteiger partial charge in [-0.05, 0) is 31.3 Å². The Bertz CT molecular complexity index is 601. The zero-order chi connectivity index (χ0) is 14.1. The number of aryl methyl sites for hydroxylation is 1. The number of likely N-dealkylation sites (N-methyl/N-ethyl adjacent to an activating group) is 1. The average molecular weight is 273 g/mol. The van der Waals surface area contributed by atoms with Crippen LogP contribution in [-0.2, 0) is 0 Å². The lowest BCUT2D eigenvalue weighted by molar-refractivity contribution is 0.309. The highest BCUT2D eigenvalue weighted by Gasteiger charge is 2.20. The second-order valence-corrected chi connectivity index (χ2v) is 5.28. The van der Waals surface area contributed by atoms with Crippen LogP contribution in [-0.4, -0.2) is 48.3 Å². The first-order chi connectivity index (χ1) is 9.63. The molecule has 20 heavy (non-hydrogen) atoms. The van der Waals surface area contributed by atoms with Gasteiger partial charge in [-0.3, -0.25) is 0 Å². The molecule has 0 saturated carbocycles. The van der Waals surface area contributed by atoms with Crippen LogP contribution in [0.25, 0.3) is 11.5 Å². The topological polar surface area (TPSA) is 71.4 Å². The van der Waals surface area contributed by atoms with E-state index in [1.54, 1.807) is 0 Å². The standard InChI is InChI=1S/C14H19N5O/c1-10-3-4-12(15)11(9-10)13-16-14(17-20-13)19-7-5-18(2)6-8-19/h3-4,9H,5-8,15H2,1-2H3. The highest BCUT2D eigenvalue weighted by Crippen LogP contribution is 2.27. The fraction of sp³-hybridized carbons (Fsp3) is 0.429. The number of piperazine rings is 1. The monoisotopic (exact) mass is 273 g/mol. The minimum absolute atomic E-state index is 0.486. The summed E-state index contributed by atoms with van der Waals surface area (Å²) in [6.45, 7) is 5.87. The summed E-state index contributed by atoms with van der Waals surface area (Å²) >= 11 is 0. The number of hydrogen-bond donors (Lipinski definition) is 1. The zero-order valence-corrected chi connectivity index (χ0v) is 11.8. The lowest BCUT2D eigenvalue weighted by atomic mass is 10.1. The second kappa shape index (κ2) is 5.13. The summed E-state index contributed by atoms with van der Waals surface area (Å²) in [6.07, 6.45) is 0. The molecule has 6 heteroatoms. The summed E-state index contributed by atoms with van der Waals surface area (Å²) in [6, 6.07) is 5.80. The Hall–Kier alpha value is -2.08. The summed E-state index contributed by atoms with van der Waals surface area (Å²) in [5.41, 5.74) is 8.56. The van der Waals surface area contributed by atoms with E-state index in [0.717, 1.165) is 37.3 Å². The predicted molar refractivity (Wildman–Crippen MR) is 78.6 cm³/mol. The molecule has 3 rings (SSSR count). The van der Waals surface area contributed by atoms with Gasteiger partial charge in [-0.1, -0.05) is 11.6 Å². The van der Waals surface area contributed by atoms with E-state index >= 15 is 0 Å². The molecule has 0 amide bonds. The van der Waals surface area contributed by atoms with Crippen molar-refractivity contribution in [2.24, 2.45) is 0 Å². The quantitative estimate of drug-likeness (QED) is 0.833. The lowest BCUT2D eigenvalue weighted by Crippen LogP contribution is -2.44. The van der Waals surface area contributed by atoms with Gasteiger partial charge in [0.2, 0.25) is 0 Å². The van der Waals surface area contributed by atoms with E-state index in [-0.39, 0.29) is 0 Å². The molecule has 2 N–H and O–H groups in total. The van der Waals surface area contributed by atoms with Crippen molar-refractivity contribution in [2.75, 3.05) is 43.9 Å². The molecule has 106 valence electrons. The number of hydrogen-bond acceptors (Lipinski definition) is 6. The Balaban J connectivity index is 1.85. The Morgan fingerprint density at radius 3 is 2.70 bits per heavy atom. The predicted octanol–water partition coefficient (Wildman–Crippen LogP) is 1.38. The molecule has 1 saturated heterocycles. The third-order valence-corrected chi connectivity index (χ3v) is 3.64. The van der Waals surface area contributed by atoms with Gasteiger partial charge < -0.3 is 20.1 Å². The normalized spacial score (nSPS) is 16.6. The van der Waals surface area contributed by atoms with Crippen LogP contribution in [0.5, 0.6) is 0 Å². The summed E-state index contributed by atoms with van der Waals surface area (Å²) < 4.78 is 5.37. The molecule has 2 aromatic rings. The van der Waals surface area contributed by atoms with Crippen LogP contribution >= 0.6 is 0 Å². The minimum Gasteiger partial charge on any atom is -0.398 e. The fourth-order valence-electron chi connectivity index (χ4n) is 2.32. The molecular weight excluding hydrogens is 254 g/mol. The summed E-state index contributed by atoms with van der Waals surface area (Å²) in [5, 5.41) is 4.08. The van der Waals surface area contributed by atoms with Crippen molar-refractivity contribution in [1.29, 1.82) is 0 Å². The molecular formula is C14H19N5O. The first kappa shape index (κ1) is 12.9. The van der Waals surface area contributed by atoms with Gasteiger partial charge in [0, 0.05) is 31.9 Å². The molecule has 0 aliphatic carbocycles. The number of aromatic nitrogens is 2. The van der Waals surface area contributed by atoms with Crippen LogP contribution in [0.1, 0.15) is 5.56 Å². The zero-order valence-electron chi connectivity index (χ0n) is 11.8. The Kier molecular flexibility index (Phi) is 3.31. The van der Waals surface area contributed by atoms with E-state index in [0.29, 0.717) is 17.5 Å². The molecule has 1 aliphatic heterocycles. The van der Waals surface area contributed by atoms with Crippen LogP contribution in [0.4, 0.5) is 11.6 Å². The average Bonchev–Trinajstić information content (AvgIpc) is 2.92. The Morgan fingerprint density at radius 2 is 1.95 bits per heavy atom. The van der Waals surface area contributed by atoms with Crippen molar-refractivity contribution >= 4 is 11.6 Å². The van der Waals surface area contributed by atoms with Crippen LogP contribution in [0.2, 0.25) is 0 Å². The minimum atomic E-state index is 0.486. The molecule has 0 atom stereocenters. The molecule has 1 aliphatic rings. The third kappa shape index (κ3) is 2.46. The molecule has 0 bridgehead atoms. The third-order valence-electron chi connectivity index (χ3n) is 3.64. The van der Waals surface area contributed by atoms with Crippen LogP contribution in [0.3, 0.4) is 0 Å². The van der Waals surface area contributed by atoms with Gasteiger partial charge in [-0.25, -0.2) is 0 Å². The summed E-state index contributed by atoms with van der Waals surface area (Å²) in [5.74, 6) is 1.13. The molecule has 0 spiro atoms. The molecule has 0 radical (unpaired) electrons. The maximum Gasteiger partial charge on any atom is 0.266 e. The number of anilines is 2. The Morgan fingerprint density at radius 1 is 1.20 bits per heavy atom. The van der Waals surface area contributed by atoms with Crippen molar-refractivity contribution in [2.45, 2.75) is 6.92 Å². The van der Waals surface area contributed by atoms with E-state index in [9.17, 15) is 0 Å². The van der Waals surface area contributed by atoms with Crippen LogP contribution in [0, 0.1) is 6.92 Å². The number of rotatable bonds is 2. The second-order valence-electron chi connectivity index (χ2n) is 5.28. The molecule has 1 fully saturated rings. The largest absolute Gasteiger partial charge is 0.398 e. The fourth-order valence-corrected chi connectivity index (χ4v) is 2.32. The first-order valence-corrected chi connectivity index (χ1v) is 6.77. The number of nitrogen functional groups attached to an aromatic ring is 1. The summed E-state index contributed by atoms with van der Waals surface area (Å²) in [7, 11) is 2.12. The van der Waals surface area contributed by atoms with Gasteiger partial charge in [0.15, 0.2) is 0 Å². The van der Waals surface area contributed by atoms with E-state index in [4.69, 9.17) is 10.3 Å². The van der Waals surface area contributed by atoms with Crippen molar-refractivity contribution in [3.63, 3.8) is 0 Å². The smallest absolute Gasteiger partial charge is 0.266 e. The molecule has 6 nitrogen and oxygen atoms in total. The maximum absolute atomic E-state index is 5.98. The number of nitrogens with zero attached hydrogens (tertiary/aromatic N) is 4. The molecule has 1 aromatic carbocycles. The molecule has 1 aromatic heterocycles. The van der Waals surface area contributed by atoms with Crippen LogP contribution < -0.4 is 10.6 Å². The molecule has 0 unspecified atom stereocenters. The van der Waals surface area contributed by atoms with Crippen molar-refractivity contribution < 1.29 is 4.52 Å². The molecule has 2 heterocycles. The van der Waals surface area contributed by atoms with Crippen molar-refractivity contribution in [3.8, 4) is 11.5 Å². The highest BCUT2D eigenvalue weighted by molar-refractivity contribution is 5.71. The van der Waals surface area contributed by atoms with E-state index < -0.39 is 0 Å². The number of nitrogens with two attached hydrogens (primary N) is 1. The van der Waals surface area contributed by atoms with E-state index in [2.05, 4.69) is 27.0 Å². The van der Waals surface area contributed by atoms with Crippen molar-refractivity contribution in [1.82, 2.24) is 15.0 Å². The Labute approximate surface area is 118 Å². The van der Waals surface area contributed by atoms with Crippen molar-refractivity contribution in [3.05, 3.63) is 23.8 Å². The SMILES string of the molecule is Cc1ccc(N)c(-c2nc(N3CCN(C)CC3)no2)c1. The first-order valence-electron chi connectivity index (χ1n) is 6.77. The van der Waals surface area contributed by atoms with Gasteiger partial charge in [-0.2, -0.15) is 4.98 Å². The lowest BCUT2D eigenvalue weighted by Gasteiger charge is -2.31. The van der Waals surface area contributed by atoms with Gasteiger partial charge >= 0.3 is 0 Å². The van der Waals surface area contributed by atoms with Crippen LogP contribution in [0.15, 0.2) is 22.7 Å². The van der Waals surface area contributed by atoms with E-state index in [1.807, 2.05) is 25.1 Å². The van der Waals surface area contributed by atoms with E-state index in [1.165, 1.54) is 0 Å². The van der Waals surface area contributed by atoms with Gasteiger partial charge in [0.05, 0.1) is 5.56 Å². The number of benzene rings is 1. The highest BCUT2D eigenvalue weighted by atomic mass is 16.5. The van der Waals surface area contributed by atoms with Gasteiger partial charge in [0.1, 0.15) is 0 Å².